The molecule has 6 nitrogen and oxygen atoms in total. The molecule has 1 fully saturated rings. The third-order valence-corrected chi connectivity index (χ3v) is 4.56. The van der Waals surface area contributed by atoms with E-state index in [1.807, 2.05) is 49.1 Å². The van der Waals surface area contributed by atoms with Crippen LogP contribution in [0, 0.1) is 5.92 Å². The average molecular weight is 332 g/mol. The second-order valence-electron chi connectivity index (χ2n) is 6.51. The molecule has 2 atom stereocenters. The Kier molecular flexibility index (Phi) is 6.75. The van der Waals surface area contributed by atoms with E-state index in [1.54, 1.807) is 0 Å². The van der Waals surface area contributed by atoms with Gasteiger partial charge in [-0.1, -0.05) is 37.3 Å². The van der Waals surface area contributed by atoms with Gasteiger partial charge in [0.25, 0.3) is 0 Å². The van der Waals surface area contributed by atoms with Crippen LogP contribution in [-0.4, -0.2) is 60.4 Å². The third-order valence-electron chi connectivity index (χ3n) is 4.56. The first-order chi connectivity index (χ1) is 11.5. The summed E-state index contributed by atoms with van der Waals surface area (Å²) < 4.78 is 0. The normalized spacial score (nSPS) is 18.0. The highest BCUT2D eigenvalue weighted by molar-refractivity contribution is 5.79. The zero-order chi connectivity index (χ0) is 17.5. The third kappa shape index (κ3) is 5.32. The van der Waals surface area contributed by atoms with Crippen LogP contribution in [-0.2, 0) is 16.1 Å². The van der Waals surface area contributed by atoms with Crippen LogP contribution in [0.3, 0.4) is 0 Å². The Hall–Kier alpha value is -1.92. The maximum Gasteiger partial charge on any atom is 0.234 e. The molecule has 3 N–H and O–H groups in total. The lowest BCUT2D eigenvalue weighted by molar-refractivity contribution is -0.137. The Bertz CT molecular complexity index is 539. The number of rotatable bonds is 6. The Morgan fingerprint density at radius 2 is 1.75 bits per heavy atom. The fourth-order valence-corrected chi connectivity index (χ4v) is 2.69. The molecule has 24 heavy (non-hydrogen) atoms. The molecule has 2 amide bonds. The van der Waals surface area contributed by atoms with Gasteiger partial charge < -0.3 is 16.0 Å². The van der Waals surface area contributed by atoms with Crippen LogP contribution >= 0.6 is 0 Å². The molecule has 1 aromatic carbocycles. The number of hydrogen-bond donors (Lipinski definition) is 2. The van der Waals surface area contributed by atoms with E-state index in [0.29, 0.717) is 26.2 Å². The van der Waals surface area contributed by atoms with Gasteiger partial charge in [0.2, 0.25) is 11.8 Å². The lowest BCUT2D eigenvalue weighted by Gasteiger charge is -2.36. The van der Waals surface area contributed by atoms with Crippen molar-refractivity contribution >= 4 is 11.8 Å². The summed E-state index contributed by atoms with van der Waals surface area (Å²) in [4.78, 5) is 28.3. The van der Waals surface area contributed by atoms with Crippen LogP contribution in [0.4, 0.5) is 0 Å². The van der Waals surface area contributed by atoms with Crippen molar-refractivity contribution in [2.75, 3.05) is 32.7 Å². The SMILES string of the molecule is CC(N)C(C)C(=O)N1CCN(CC(=O)NCc2ccccc2)CC1. The second-order valence-corrected chi connectivity index (χ2v) is 6.51. The summed E-state index contributed by atoms with van der Waals surface area (Å²) >= 11 is 0. The van der Waals surface area contributed by atoms with E-state index in [9.17, 15) is 9.59 Å². The van der Waals surface area contributed by atoms with E-state index in [-0.39, 0.29) is 23.8 Å². The molecular weight excluding hydrogens is 304 g/mol. The van der Waals surface area contributed by atoms with Crippen molar-refractivity contribution in [1.29, 1.82) is 0 Å². The maximum atomic E-state index is 12.3. The van der Waals surface area contributed by atoms with Crippen LogP contribution in [0.5, 0.6) is 0 Å². The van der Waals surface area contributed by atoms with Crippen molar-refractivity contribution < 1.29 is 9.59 Å². The minimum atomic E-state index is -0.161. The van der Waals surface area contributed by atoms with Crippen LogP contribution in [0.25, 0.3) is 0 Å². The van der Waals surface area contributed by atoms with E-state index in [1.165, 1.54) is 0 Å². The van der Waals surface area contributed by atoms with Gasteiger partial charge in [-0.2, -0.15) is 0 Å². The molecule has 0 aromatic heterocycles. The topological polar surface area (TPSA) is 78.7 Å². The van der Waals surface area contributed by atoms with Crippen LogP contribution in [0.15, 0.2) is 30.3 Å². The number of nitrogens with two attached hydrogens (primary N) is 1. The van der Waals surface area contributed by atoms with Gasteiger partial charge >= 0.3 is 0 Å². The number of hydrogen-bond acceptors (Lipinski definition) is 4. The summed E-state index contributed by atoms with van der Waals surface area (Å²) in [6.45, 7) is 7.39. The van der Waals surface area contributed by atoms with Crippen molar-refractivity contribution in [2.24, 2.45) is 11.7 Å². The number of benzene rings is 1. The quantitative estimate of drug-likeness (QED) is 0.792. The second kappa shape index (κ2) is 8.80. The molecule has 0 saturated carbocycles. The van der Waals surface area contributed by atoms with Crippen molar-refractivity contribution in [3.05, 3.63) is 35.9 Å². The highest BCUT2D eigenvalue weighted by Crippen LogP contribution is 2.09. The van der Waals surface area contributed by atoms with E-state index in [0.717, 1.165) is 18.7 Å². The van der Waals surface area contributed by atoms with Gasteiger partial charge in [-0.3, -0.25) is 14.5 Å². The minimum absolute atomic E-state index is 0.0163. The molecule has 0 aliphatic carbocycles. The maximum absolute atomic E-state index is 12.3. The fraction of sp³-hybridized carbons (Fsp3) is 0.556. The Morgan fingerprint density at radius 1 is 1.12 bits per heavy atom. The molecule has 0 spiro atoms. The largest absolute Gasteiger partial charge is 0.351 e. The monoisotopic (exact) mass is 332 g/mol. The number of carbonyl (C=O) groups excluding carboxylic acids is 2. The van der Waals surface area contributed by atoms with Crippen LogP contribution in [0.2, 0.25) is 0 Å². The fourth-order valence-electron chi connectivity index (χ4n) is 2.69. The Balaban J connectivity index is 1.71. The predicted octanol–water partition coefficient (Wildman–Crippen LogP) is 0.430. The van der Waals surface area contributed by atoms with Gasteiger partial charge in [-0.25, -0.2) is 0 Å². The molecule has 1 saturated heterocycles. The molecule has 6 heteroatoms. The number of nitrogens with one attached hydrogen (secondary N) is 1. The molecule has 1 aliphatic rings. The minimum Gasteiger partial charge on any atom is -0.351 e. The molecule has 132 valence electrons. The summed E-state index contributed by atoms with van der Waals surface area (Å²) in [6, 6.07) is 9.72. The average Bonchev–Trinajstić information content (AvgIpc) is 2.60. The van der Waals surface area contributed by atoms with Crippen molar-refractivity contribution in [3.63, 3.8) is 0 Å². The lowest BCUT2D eigenvalue weighted by atomic mass is 10.0. The smallest absolute Gasteiger partial charge is 0.234 e. The zero-order valence-corrected chi connectivity index (χ0v) is 14.6. The highest BCUT2D eigenvalue weighted by atomic mass is 16.2. The summed E-state index contributed by atoms with van der Waals surface area (Å²) in [6.07, 6.45) is 0. The van der Waals surface area contributed by atoms with Crippen molar-refractivity contribution in [3.8, 4) is 0 Å². The summed E-state index contributed by atoms with van der Waals surface area (Å²) in [5.74, 6) is -0.0357. The van der Waals surface area contributed by atoms with Gasteiger partial charge in [0.05, 0.1) is 12.5 Å². The predicted molar refractivity (Wildman–Crippen MR) is 94.1 cm³/mol. The molecule has 0 bridgehead atoms. The van der Waals surface area contributed by atoms with Gasteiger partial charge in [-0.05, 0) is 12.5 Å². The standard InChI is InChI=1S/C18H28N4O2/c1-14(15(2)19)18(24)22-10-8-21(9-11-22)13-17(23)20-12-16-6-4-3-5-7-16/h3-7,14-15H,8-13,19H2,1-2H3,(H,20,23). The number of amides is 2. The Morgan fingerprint density at radius 3 is 2.33 bits per heavy atom. The number of nitrogens with zero attached hydrogens (tertiary/aromatic N) is 2. The first-order valence-corrected chi connectivity index (χ1v) is 8.54. The summed E-state index contributed by atoms with van der Waals surface area (Å²) in [7, 11) is 0. The first-order valence-electron chi connectivity index (χ1n) is 8.54. The summed E-state index contributed by atoms with van der Waals surface area (Å²) in [5.41, 5.74) is 6.90. The van der Waals surface area contributed by atoms with Gasteiger partial charge in [-0.15, -0.1) is 0 Å². The summed E-state index contributed by atoms with van der Waals surface area (Å²) in [5, 5.41) is 2.94. The highest BCUT2D eigenvalue weighted by Gasteiger charge is 2.27. The van der Waals surface area contributed by atoms with E-state index in [2.05, 4.69) is 10.2 Å². The molecular formula is C18H28N4O2. The number of carbonyl (C=O) groups is 2. The van der Waals surface area contributed by atoms with E-state index < -0.39 is 0 Å². The molecule has 1 heterocycles. The molecule has 0 radical (unpaired) electrons. The van der Waals surface area contributed by atoms with Crippen LogP contribution in [0.1, 0.15) is 19.4 Å². The first kappa shape index (κ1) is 18.4. The van der Waals surface area contributed by atoms with E-state index >= 15 is 0 Å². The van der Waals surface area contributed by atoms with Crippen molar-refractivity contribution in [1.82, 2.24) is 15.1 Å². The van der Waals surface area contributed by atoms with Crippen LogP contribution < -0.4 is 11.1 Å². The van der Waals surface area contributed by atoms with E-state index in [4.69, 9.17) is 5.73 Å². The molecule has 2 unspecified atom stereocenters. The molecule has 1 aromatic rings. The molecule has 2 rings (SSSR count). The molecule has 1 aliphatic heterocycles. The van der Waals surface area contributed by atoms with Gasteiger partial charge in [0, 0.05) is 38.8 Å². The number of piperazine rings is 1. The lowest BCUT2D eigenvalue weighted by Crippen LogP contribution is -2.53. The zero-order valence-electron chi connectivity index (χ0n) is 14.6. The Labute approximate surface area is 144 Å². The van der Waals surface area contributed by atoms with Crippen molar-refractivity contribution in [2.45, 2.75) is 26.4 Å². The van der Waals surface area contributed by atoms with Gasteiger partial charge in [0.15, 0.2) is 0 Å². The van der Waals surface area contributed by atoms with Gasteiger partial charge in [0.1, 0.15) is 0 Å².